The molecule has 0 aliphatic heterocycles. The number of amides is 1. The van der Waals surface area contributed by atoms with Crippen LogP contribution in [0.1, 0.15) is 36.1 Å². The fourth-order valence-corrected chi connectivity index (χ4v) is 2.56. The summed E-state index contributed by atoms with van der Waals surface area (Å²) in [4.78, 5) is 12.4. The highest BCUT2D eigenvalue weighted by molar-refractivity contribution is 6.30. The van der Waals surface area contributed by atoms with Crippen LogP contribution in [0.4, 0.5) is 4.39 Å². The zero-order chi connectivity index (χ0) is 19.4. The van der Waals surface area contributed by atoms with Crippen LogP contribution in [0.5, 0.6) is 5.75 Å². The molecule has 0 aliphatic rings. The first kappa shape index (κ1) is 18.9. The molecule has 0 aliphatic carbocycles. The van der Waals surface area contributed by atoms with Crippen LogP contribution in [-0.4, -0.2) is 25.5 Å². The number of nitrogens with zero attached hydrogens (tertiary/aromatic N) is 4. The Hall–Kier alpha value is -2.87. The van der Waals surface area contributed by atoms with E-state index < -0.39 is 5.82 Å². The van der Waals surface area contributed by atoms with Crippen molar-refractivity contribution >= 4 is 17.5 Å². The maximum atomic E-state index is 13.1. The highest BCUT2D eigenvalue weighted by Crippen LogP contribution is 2.21. The summed E-state index contributed by atoms with van der Waals surface area (Å²) >= 11 is 5.71. The van der Waals surface area contributed by atoms with E-state index in [1.54, 1.807) is 16.9 Å². The number of benzene rings is 1. The lowest BCUT2D eigenvalue weighted by atomic mass is 10.2. The topological polar surface area (TPSA) is 74.0 Å². The molecule has 0 radical (unpaired) electrons. The monoisotopic (exact) mass is 391 g/mol. The maximum absolute atomic E-state index is 13.1. The van der Waals surface area contributed by atoms with Crippen molar-refractivity contribution in [3.8, 4) is 5.75 Å². The van der Waals surface area contributed by atoms with Gasteiger partial charge in [-0.25, -0.2) is 9.07 Å². The number of ether oxygens (including phenoxy) is 1. The van der Waals surface area contributed by atoms with Crippen LogP contribution in [0.15, 0.2) is 42.7 Å². The molecule has 27 heavy (non-hydrogen) atoms. The van der Waals surface area contributed by atoms with E-state index in [-0.39, 0.29) is 29.4 Å². The molecule has 7 nitrogen and oxygen atoms in total. The summed E-state index contributed by atoms with van der Waals surface area (Å²) in [6.45, 7) is 4.68. The molecule has 3 rings (SSSR count). The molecule has 2 heterocycles. The smallest absolute Gasteiger partial charge is 0.272 e. The summed E-state index contributed by atoms with van der Waals surface area (Å²) in [5.41, 5.74) is 1.04. The minimum absolute atomic E-state index is 0.0208. The second-order valence-corrected chi connectivity index (χ2v) is 6.29. The zero-order valence-electron chi connectivity index (χ0n) is 14.9. The molecule has 1 aromatic carbocycles. The first-order valence-electron chi connectivity index (χ1n) is 8.41. The van der Waals surface area contributed by atoms with Gasteiger partial charge in [-0.05, 0) is 38.1 Å². The van der Waals surface area contributed by atoms with Crippen molar-refractivity contribution in [1.29, 1.82) is 0 Å². The third-order valence-electron chi connectivity index (χ3n) is 3.90. The number of rotatable bonds is 7. The SMILES string of the molecule is CCn1ccc(C(C)NC(=O)c2ccn(COc3ccc(F)c(Cl)c3)n2)n1. The zero-order valence-corrected chi connectivity index (χ0v) is 15.7. The van der Waals surface area contributed by atoms with Crippen molar-refractivity contribution in [1.82, 2.24) is 24.9 Å². The molecule has 1 N–H and O–H groups in total. The standard InChI is InChI=1S/C18H19ClFN5O2/c1-3-24-8-6-16(22-24)12(2)21-18(26)17-7-9-25(23-17)11-27-13-4-5-15(20)14(19)10-13/h4-10,12H,3,11H2,1-2H3,(H,21,26). The Kier molecular flexibility index (Phi) is 5.75. The Morgan fingerprint density at radius 2 is 2.04 bits per heavy atom. The fraction of sp³-hybridized carbons (Fsp3) is 0.278. The lowest BCUT2D eigenvalue weighted by Crippen LogP contribution is -2.27. The van der Waals surface area contributed by atoms with Gasteiger partial charge >= 0.3 is 0 Å². The van der Waals surface area contributed by atoms with Gasteiger partial charge in [0.15, 0.2) is 6.73 Å². The average molecular weight is 392 g/mol. The van der Waals surface area contributed by atoms with E-state index in [0.29, 0.717) is 5.75 Å². The predicted molar refractivity (Wildman–Crippen MR) is 98.0 cm³/mol. The molecular formula is C18H19ClFN5O2. The number of carbonyl (C=O) groups excluding carboxylic acids is 1. The molecule has 0 saturated carbocycles. The quantitative estimate of drug-likeness (QED) is 0.669. The number of hydrogen-bond donors (Lipinski definition) is 1. The van der Waals surface area contributed by atoms with Crippen molar-refractivity contribution in [2.24, 2.45) is 0 Å². The molecule has 2 aromatic heterocycles. The van der Waals surface area contributed by atoms with E-state index in [1.165, 1.54) is 22.9 Å². The van der Waals surface area contributed by atoms with Gasteiger partial charge in [0.25, 0.3) is 5.91 Å². The van der Waals surface area contributed by atoms with Crippen molar-refractivity contribution in [2.45, 2.75) is 33.2 Å². The number of aromatic nitrogens is 4. The van der Waals surface area contributed by atoms with Crippen LogP contribution in [0.2, 0.25) is 5.02 Å². The molecule has 0 saturated heterocycles. The second-order valence-electron chi connectivity index (χ2n) is 5.88. The van der Waals surface area contributed by atoms with E-state index in [9.17, 15) is 9.18 Å². The van der Waals surface area contributed by atoms with Gasteiger partial charge in [0.05, 0.1) is 16.8 Å². The highest BCUT2D eigenvalue weighted by atomic mass is 35.5. The van der Waals surface area contributed by atoms with Crippen LogP contribution >= 0.6 is 11.6 Å². The molecule has 1 amide bonds. The van der Waals surface area contributed by atoms with Gasteiger partial charge in [0.2, 0.25) is 0 Å². The normalized spacial score (nSPS) is 12.0. The molecule has 1 atom stereocenters. The van der Waals surface area contributed by atoms with Gasteiger partial charge < -0.3 is 10.1 Å². The molecular weight excluding hydrogens is 373 g/mol. The number of carbonyl (C=O) groups is 1. The van der Waals surface area contributed by atoms with Gasteiger partial charge in [0.1, 0.15) is 17.3 Å². The number of nitrogens with one attached hydrogen (secondary N) is 1. The molecule has 9 heteroatoms. The molecule has 142 valence electrons. The van der Waals surface area contributed by atoms with Crippen LogP contribution in [-0.2, 0) is 13.3 Å². The summed E-state index contributed by atoms with van der Waals surface area (Å²) in [5.74, 6) is -0.417. The highest BCUT2D eigenvalue weighted by Gasteiger charge is 2.16. The van der Waals surface area contributed by atoms with E-state index in [2.05, 4.69) is 15.5 Å². The summed E-state index contributed by atoms with van der Waals surface area (Å²) in [6.07, 6.45) is 3.49. The minimum Gasteiger partial charge on any atom is -0.471 e. The first-order valence-corrected chi connectivity index (χ1v) is 8.79. The number of hydrogen-bond acceptors (Lipinski definition) is 4. The van der Waals surface area contributed by atoms with Crippen LogP contribution < -0.4 is 10.1 Å². The third kappa shape index (κ3) is 4.65. The van der Waals surface area contributed by atoms with Gasteiger partial charge in [-0.3, -0.25) is 9.48 Å². The number of halogens is 2. The predicted octanol–water partition coefficient (Wildman–Crippen LogP) is 3.42. The Bertz CT molecular complexity index is 939. The van der Waals surface area contributed by atoms with E-state index in [1.807, 2.05) is 26.1 Å². The molecule has 0 fully saturated rings. The third-order valence-corrected chi connectivity index (χ3v) is 4.19. The van der Waals surface area contributed by atoms with Gasteiger partial charge in [0, 0.05) is 25.0 Å². The van der Waals surface area contributed by atoms with Crippen molar-refractivity contribution < 1.29 is 13.9 Å². The Morgan fingerprint density at radius 1 is 1.26 bits per heavy atom. The molecule has 1 unspecified atom stereocenters. The Morgan fingerprint density at radius 3 is 2.74 bits per heavy atom. The largest absolute Gasteiger partial charge is 0.471 e. The molecule has 0 bridgehead atoms. The summed E-state index contributed by atoms with van der Waals surface area (Å²) in [5, 5.41) is 11.4. The van der Waals surface area contributed by atoms with Crippen LogP contribution in [0.25, 0.3) is 0 Å². The van der Waals surface area contributed by atoms with Crippen molar-refractivity contribution in [2.75, 3.05) is 0 Å². The lowest BCUT2D eigenvalue weighted by Gasteiger charge is -2.10. The molecule has 3 aromatic rings. The summed E-state index contributed by atoms with van der Waals surface area (Å²) in [6, 6.07) is 7.29. The molecule has 0 spiro atoms. The van der Waals surface area contributed by atoms with E-state index in [4.69, 9.17) is 16.3 Å². The average Bonchev–Trinajstić information content (AvgIpc) is 3.32. The second kappa shape index (κ2) is 8.22. The maximum Gasteiger partial charge on any atom is 0.272 e. The van der Waals surface area contributed by atoms with Gasteiger partial charge in [-0.2, -0.15) is 10.2 Å². The van der Waals surface area contributed by atoms with Crippen LogP contribution in [0, 0.1) is 5.82 Å². The van der Waals surface area contributed by atoms with E-state index >= 15 is 0 Å². The summed E-state index contributed by atoms with van der Waals surface area (Å²) in [7, 11) is 0. The first-order chi connectivity index (χ1) is 13.0. The minimum atomic E-state index is -0.514. The van der Waals surface area contributed by atoms with Crippen LogP contribution in [0.3, 0.4) is 0 Å². The Labute approximate surface area is 160 Å². The number of aryl methyl sites for hydroxylation is 1. The lowest BCUT2D eigenvalue weighted by molar-refractivity contribution is 0.0932. The van der Waals surface area contributed by atoms with Crippen molar-refractivity contribution in [3.05, 3.63) is 65.0 Å². The van der Waals surface area contributed by atoms with Gasteiger partial charge in [-0.1, -0.05) is 11.6 Å². The summed E-state index contributed by atoms with van der Waals surface area (Å²) < 4.78 is 21.9. The Balaban J connectivity index is 1.57. The van der Waals surface area contributed by atoms with Crippen molar-refractivity contribution in [3.63, 3.8) is 0 Å². The van der Waals surface area contributed by atoms with E-state index in [0.717, 1.165) is 12.2 Å². The fourth-order valence-electron chi connectivity index (χ4n) is 2.39. The van der Waals surface area contributed by atoms with Gasteiger partial charge in [-0.15, -0.1) is 0 Å².